The molecule has 0 radical (unpaired) electrons. The van der Waals surface area contributed by atoms with Crippen LogP contribution in [0.15, 0.2) is 18.3 Å². The number of benzene rings is 1. The number of nitrogens with two attached hydrogens (primary N) is 1. The molecule has 0 saturated heterocycles. The fourth-order valence-electron chi connectivity index (χ4n) is 1.53. The Hall–Kier alpha value is -2.01. The monoisotopic (exact) mass is 279 g/mol. The Kier molecular flexibility index (Phi) is 3.76. The minimum Gasteiger partial charge on any atom is -0.467 e. The highest BCUT2D eigenvalue weighted by Crippen LogP contribution is 2.32. The Labute approximate surface area is 116 Å². The molecule has 0 spiro atoms. The summed E-state index contributed by atoms with van der Waals surface area (Å²) in [6.45, 7) is 3.81. The number of halogens is 1. The molecule has 0 aliphatic heterocycles. The van der Waals surface area contributed by atoms with E-state index in [-0.39, 0.29) is 11.9 Å². The summed E-state index contributed by atoms with van der Waals surface area (Å²) in [5.41, 5.74) is 8.38. The normalized spacial score (nSPS) is 10.3. The van der Waals surface area contributed by atoms with Gasteiger partial charge in [-0.2, -0.15) is 4.98 Å². The molecule has 19 heavy (non-hydrogen) atoms. The zero-order chi connectivity index (χ0) is 14.0. The van der Waals surface area contributed by atoms with Gasteiger partial charge in [-0.15, -0.1) is 0 Å². The number of hydrogen-bond donors (Lipinski definition) is 1. The van der Waals surface area contributed by atoms with Gasteiger partial charge in [0.15, 0.2) is 0 Å². The first-order valence-electron chi connectivity index (χ1n) is 5.62. The van der Waals surface area contributed by atoms with Gasteiger partial charge in [-0.05, 0) is 37.1 Å². The van der Waals surface area contributed by atoms with E-state index in [0.717, 1.165) is 16.8 Å². The van der Waals surface area contributed by atoms with Crippen LogP contribution in [-0.2, 0) is 0 Å². The molecule has 0 aliphatic rings. The molecule has 6 heteroatoms. The molecule has 0 aliphatic carbocycles. The van der Waals surface area contributed by atoms with E-state index in [1.54, 1.807) is 0 Å². The number of aryl methyl sites for hydroxylation is 2. The van der Waals surface area contributed by atoms with Crippen LogP contribution < -0.4 is 15.2 Å². The van der Waals surface area contributed by atoms with E-state index in [4.69, 9.17) is 26.8 Å². The maximum Gasteiger partial charge on any atom is 0.319 e. The third-order valence-electron chi connectivity index (χ3n) is 2.64. The predicted octanol–water partition coefficient (Wildman–Crippen LogP) is 3.13. The summed E-state index contributed by atoms with van der Waals surface area (Å²) < 4.78 is 10.6. The maximum absolute atomic E-state index is 6.00. The zero-order valence-corrected chi connectivity index (χ0v) is 11.7. The van der Waals surface area contributed by atoms with Crippen molar-refractivity contribution < 1.29 is 9.47 Å². The quantitative estimate of drug-likeness (QED) is 0.874. The standard InChI is InChI=1S/C13H14ClN3O2/c1-7-5-11(8(2)4-10(7)15)19-12-9(14)6-16-13(17-12)18-3/h4-6H,15H2,1-3H3. The van der Waals surface area contributed by atoms with Crippen LogP contribution in [-0.4, -0.2) is 17.1 Å². The molecular formula is C13H14ClN3O2. The number of anilines is 1. The van der Waals surface area contributed by atoms with Crippen LogP contribution >= 0.6 is 11.6 Å². The Bertz CT molecular complexity index is 617. The lowest BCUT2D eigenvalue weighted by molar-refractivity contribution is 0.366. The second kappa shape index (κ2) is 5.32. The Balaban J connectivity index is 2.38. The first-order valence-corrected chi connectivity index (χ1v) is 6.00. The van der Waals surface area contributed by atoms with E-state index in [2.05, 4.69) is 9.97 Å². The highest BCUT2D eigenvalue weighted by molar-refractivity contribution is 6.31. The molecule has 1 heterocycles. The lowest BCUT2D eigenvalue weighted by Crippen LogP contribution is -1.98. The first-order chi connectivity index (χ1) is 9.01. The van der Waals surface area contributed by atoms with Gasteiger partial charge in [0.05, 0.1) is 13.3 Å². The van der Waals surface area contributed by atoms with E-state index in [1.807, 2.05) is 26.0 Å². The summed E-state index contributed by atoms with van der Waals surface area (Å²) in [7, 11) is 1.48. The molecule has 2 aromatic rings. The molecule has 2 N–H and O–H groups in total. The molecule has 0 bridgehead atoms. The van der Waals surface area contributed by atoms with Crippen molar-refractivity contribution in [2.45, 2.75) is 13.8 Å². The van der Waals surface area contributed by atoms with Crippen LogP contribution in [0.3, 0.4) is 0 Å². The van der Waals surface area contributed by atoms with Crippen molar-refractivity contribution in [2.75, 3.05) is 12.8 Å². The number of hydrogen-bond acceptors (Lipinski definition) is 5. The van der Waals surface area contributed by atoms with Gasteiger partial charge in [0, 0.05) is 5.69 Å². The molecule has 0 fully saturated rings. The molecule has 0 unspecified atom stereocenters. The number of methoxy groups -OCH3 is 1. The van der Waals surface area contributed by atoms with Crippen molar-refractivity contribution in [3.63, 3.8) is 0 Å². The van der Waals surface area contributed by atoms with Gasteiger partial charge >= 0.3 is 6.01 Å². The molecule has 0 atom stereocenters. The first kappa shape index (κ1) is 13.4. The largest absolute Gasteiger partial charge is 0.467 e. The van der Waals surface area contributed by atoms with E-state index in [0.29, 0.717) is 10.8 Å². The van der Waals surface area contributed by atoms with Crippen LogP contribution in [0.5, 0.6) is 17.6 Å². The minimum atomic E-state index is 0.198. The highest BCUT2D eigenvalue weighted by Gasteiger charge is 2.11. The molecule has 1 aromatic carbocycles. The number of nitrogen functional groups attached to an aromatic ring is 1. The summed E-state index contributed by atoms with van der Waals surface area (Å²) in [5.74, 6) is 0.898. The zero-order valence-electron chi connectivity index (χ0n) is 10.9. The van der Waals surface area contributed by atoms with Gasteiger partial charge in [-0.25, -0.2) is 4.98 Å². The lowest BCUT2D eigenvalue weighted by Gasteiger charge is -2.11. The van der Waals surface area contributed by atoms with Crippen LogP contribution in [0.1, 0.15) is 11.1 Å². The second-order valence-electron chi connectivity index (χ2n) is 4.09. The van der Waals surface area contributed by atoms with E-state index in [9.17, 15) is 0 Å². The summed E-state index contributed by atoms with van der Waals surface area (Å²) in [5, 5.41) is 0.315. The van der Waals surface area contributed by atoms with E-state index in [1.165, 1.54) is 13.3 Å². The molecule has 0 amide bonds. The summed E-state index contributed by atoms with van der Waals surface area (Å²) in [4.78, 5) is 7.95. The van der Waals surface area contributed by atoms with Gasteiger partial charge < -0.3 is 15.2 Å². The topological polar surface area (TPSA) is 70.3 Å². The van der Waals surface area contributed by atoms with Crippen molar-refractivity contribution in [3.05, 3.63) is 34.5 Å². The maximum atomic E-state index is 6.00. The number of rotatable bonds is 3. The van der Waals surface area contributed by atoms with Crippen molar-refractivity contribution >= 4 is 17.3 Å². The van der Waals surface area contributed by atoms with Crippen molar-refractivity contribution in [1.29, 1.82) is 0 Å². The van der Waals surface area contributed by atoms with Crippen LogP contribution in [0, 0.1) is 13.8 Å². The average molecular weight is 280 g/mol. The fourth-order valence-corrected chi connectivity index (χ4v) is 1.66. The number of ether oxygens (including phenoxy) is 2. The van der Waals surface area contributed by atoms with E-state index < -0.39 is 0 Å². The second-order valence-corrected chi connectivity index (χ2v) is 4.49. The van der Waals surface area contributed by atoms with Crippen LogP contribution in [0.2, 0.25) is 5.02 Å². The Morgan fingerprint density at radius 1 is 1.21 bits per heavy atom. The van der Waals surface area contributed by atoms with Crippen molar-refractivity contribution in [3.8, 4) is 17.6 Å². The van der Waals surface area contributed by atoms with Gasteiger partial charge in [0.1, 0.15) is 10.8 Å². The molecule has 100 valence electrons. The van der Waals surface area contributed by atoms with Crippen molar-refractivity contribution in [1.82, 2.24) is 9.97 Å². The summed E-state index contributed by atoms with van der Waals surface area (Å²) in [6.07, 6.45) is 1.43. The van der Waals surface area contributed by atoms with Crippen LogP contribution in [0.4, 0.5) is 5.69 Å². The smallest absolute Gasteiger partial charge is 0.319 e. The minimum absolute atomic E-state index is 0.198. The summed E-state index contributed by atoms with van der Waals surface area (Å²) in [6, 6.07) is 3.89. The van der Waals surface area contributed by atoms with Gasteiger partial charge in [0.25, 0.3) is 0 Å². The molecule has 0 saturated carbocycles. The molecule has 5 nitrogen and oxygen atoms in total. The molecular weight excluding hydrogens is 266 g/mol. The Morgan fingerprint density at radius 3 is 2.63 bits per heavy atom. The van der Waals surface area contributed by atoms with Gasteiger partial charge in [-0.3, -0.25) is 0 Å². The Morgan fingerprint density at radius 2 is 1.95 bits per heavy atom. The SMILES string of the molecule is COc1ncc(Cl)c(Oc2cc(C)c(N)cc2C)n1. The van der Waals surface area contributed by atoms with Gasteiger partial charge in [0.2, 0.25) is 5.88 Å². The molecule has 2 rings (SSSR count). The fraction of sp³-hybridized carbons (Fsp3) is 0.231. The number of nitrogens with zero attached hydrogens (tertiary/aromatic N) is 2. The third kappa shape index (κ3) is 2.88. The van der Waals surface area contributed by atoms with Crippen LogP contribution in [0.25, 0.3) is 0 Å². The lowest BCUT2D eigenvalue weighted by atomic mass is 10.1. The average Bonchev–Trinajstić information content (AvgIpc) is 2.38. The van der Waals surface area contributed by atoms with Gasteiger partial charge in [-0.1, -0.05) is 11.6 Å². The number of aromatic nitrogens is 2. The highest BCUT2D eigenvalue weighted by atomic mass is 35.5. The summed E-state index contributed by atoms with van der Waals surface area (Å²) >= 11 is 6.00. The van der Waals surface area contributed by atoms with E-state index >= 15 is 0 Å². The predicted molar refractivity (Wildman–Crippen MR) is 74.0 cm³/mol. The van der Waals surface area contributed by atoms with Crippen molar-refractivity contribution in [2.24, 2.45) is 0 Å². The third-order valence-corrected chi connectivity index (χ3v) is 2.90. The molecule has 1 aromatic heterocycles.